The smallest absolute Gasteiger partial charge is 0.284 e. The first-order valence-corrected chi connectivity index (χ1v) is 7.84. The number of aromatic nitrogens is 3. The summed E-state index contributed by atoms with van der Waals surface area (Å²) in [4.78, 5) is 16.3. The Kier molecular flexibility index (Phi) is 4.85. The van der Waals surface area contributed by atoms with E-state index in [2.05, 4.69) is 15.4 Å². The van der Waals surface area contributed by atoms with Crippen molar-refractivity contribution in [2.45, 2.75) is 13.8 Å². The molecule has 0 aliphatic rings. The van der Waals surface area contributed by atoms with E-state index in [9.17, 15) is 18.0 Å². The maximum absolute atomic E-state index is 14.3. The Morgan fingerprint density at radius 1 is 1.30 bits per heavy atom. The van der Waals surface area contributed by atoms with Crippen molar-refractivity contribution in [3.05, 3.63) is 52.6 Å². The highest BCUT2D eigenvalue weighted by molar-refractivity contribution is 6.05. The van der Waals surface area contributed by atoms with Crippen molar-refractivity contribution >= 4 is 28.6 Å². The van der Waals surface area contributed by atoms with Crippen LogP contribution in [0.25, 0.3) is 17.0 Å². The second kappa shape index (κ2) is 7.10. The number of nitrogens with one attached hydrogen (secondary N) is 2. The lowest BCUT2D eigenvalue weighted by atomic mass is 10.1. The SMILES string of the molecule is COc1cc(C)c(NC(=O)/C(F)=C/c2ccc3c(F)[nH]nc3c2F)c(C)n1. The number of carbonyl (C=O) groups is 1. The Bertz CT molecular complexity index is 1050. The van der Waals surface area contributed by atoms with E-state index in [4.69, 9.17) is 4.74 Å². The highest BCUT2D eigenvalue weighted by atomic mass is 19.1. The molecule has 27 heavy (non-hydrogen) atoms. The van der Waals surface area contributed by atoms with E-state index in [1.165, 1.54) is 13.2 Å². The van der Waals surface area contributed by atoms with E-state index in [0.717, 1.165) is 12.1 Å². The Morgan fingerprint density at radius 3 is 2.70 bits per heavy atom. The van der Waals surface area contributed by atoms with Gasteiger partial charge in [-0.1, -0.05) is 6.07 Å². The first-order chi connectivity index (χ1) is 12.8. The molecule has 3 rings (SSSR count). The zero-order valence-electron chi connectivity index (χ0n) is 14.7. The lowest BCUT2D eigenvalue weighted by molar-refractivity contribution is -0.114. The quantitative estimate of drug-likeness (QED) is 0.679. The summed E-state index contributed by atoms with van der Waals surface area (Å²) < 4.78 is 47.0. The van der Waals surface area contributed by atoms with Crippen molar-refractivity contribution in [1.29, 1.82) is 0 Å². The van der Waals surface area contributed by atoms with Crippen LogP contribution in [-0.4, -0.2) is 28.2 Å². The third-order valence-electron chi connectivity index (χ3n) is 3.97. The van der Waals surface area contributed by atoms with Crippen molar-refractivity contribution in [2.75, 3.05) is 12.4 Å². The van der Waals surface area contributed by atoms with Crippen LogP contribution in [-0.2, 0) is 4.79 Å². The number of hydrogen-bond acceptors (Lipinski definition) is 4. The summed E-state index contributed by atoms with van der Waals surface area (Å²) in [5.41, 5.74) is 0.880. The van der Waals surface area contributed by atoms with Gasteiger partial charge in [0, 0.05) is 11.6 Å². The molecule has 0 spiro atoms. The third kappa shape index (κ3) is 3.48. The van der Waals surface area contributed by atoms with Crippen LogP contribution in [0.3, 0.4) is 0 Å². The van der Waals surface area contributed by atoms with Crippen LogP contribution in [0.4, 0.5) is 18.9 Å². The monoisotopic (exact) mass is 376 g/mol. The molecule has 6 nitrogen and oxygen atoms in total. The van der Waals surface area contributed by atoms with Gasteiger partial charge in [-0.2, -0.15) is 9.49 Å². The molecule has 0 aliphatic carbocycles. The van der Waals surface area contributed by atoms with Crippen molar-refractivity contribution < 1.29 is 22.7 Å². The van der Waals surface area contributed by atoms with Gasteiger partial charge < -0.3 is 10.1 Å². The van der Waals surface area contributed by atoms with Gasteiger partial charge in [0.25, 0.3) is 5.91 Å². The number of pyridine rings is 1. The molecular formula is C18H15F3N4O2. The summed E-state index contributed by atoms with van der Waals surface area (Å²) in [5, 5.41) is 7.84. The zero-order chi connectivity index (χ0) is 19.7. The zero-order valence-corrected chi connectivity index (χ0v) is 14.7. The average molecular weight is 376 g/mol. The summed E-state index contributed by atoms with van der Waals surface area (Å²) in [6.45, 7) is 3.33. The van der Waals surface area contributed by atoms with Gasteiger partial charge in [0.1, 0.15) is 5.52 Å². The summed E-state index contributed by atoms with van der Waals surface area (Å²) in [6.07, 6.45) is 0.721. The molecule has 0 atom stereocenters. The van der Waals surface area contributed by atoms with E-state index < -0.39 is 23.5 Å². The number of nitrogens with zero attached hydrogens (tertiary/aromatic N) is 2. The average Bonchev–Trinajstić information content (AvgIpc) is 3.01. The van der Waals surface area contributed by atoms with E-state index >= 15 is 0 Å². The van der Waals surface area contributed by atoms with Crippen molar-refractivity contribution in [3.8, 4) is 5.88 Å². The van der Waals surface area contributed by atoms with Gasteiger partial charge in [-0.3, -0.25) is 9.89 Å². The van der Waals surface area contributed by atoms with Crippen LogP contribution in [0.5, 0.6) is 5.88 Å². The van der Waals surface area contributed by atoms with Crippen LogP contribution < -0.4 is 10.1 Å². The molecule has 0 unspecified atom stereocenters. The van der Waals surface area contributed by atoms with Crippen LogP contribution in [0.2, 0.25) is 0 Å². The predicted octanol–water partition coefficient (Wildman–Crippen LogP) is 3.81. The molecule has 0 radical (unpaired) electrons. The first kappa shape index (κ1) is 18.4. The topological polar surface area (TPSA) is 79.9 Å². The standard InChI is InChI=1S/C18H15F3N4O2/c1-8-6-13(27-3)22-9(2)15(8)23-18(26)12(19)7-10-4-5-11-16(14(10)20)24-25-17(11)21/h4-7H,1-3H3,(H,23,26)(H,24,25)/b12-7-. The Morgan fingerprint density at radius 2 is 2.04 bits per heavy atom. The van der Waals surface area contributed by atoms with Gasteiger partial charge in [-0.05, 0) is 31.6 Å². The highest BCUT2D eigenvalue weighted by Gasteiger charge is 2.17. The first-order valence-electron chi connectivity index (χ1n) is 7.84. The third-order valence-corrected chi connectivity index (χ3v) is 3.97. The van der Waals surface area contributed by atoms with Gasteiger partial charge in [-0.25, -0.2) is 13.8 Å². The van der Waals surface area contributed by atoms with E-state index in [1.807, 2.05) is 5.10 Å². The molecule has 2 aromatic heterocycles. The van der Waals surface area contributed by atoms with Gasteiger partial charge in [0.15, 0.2) is 11.6 Å². The number of anilines is 1. The lowest BCUT2D eigenvalue weighted by Gasteiger charge is -2.12. The number of amides is 1. The summed E-state index contributed by atoms with van der Waals surface area (Å²) in [6, 6.07) is 3.99. The molecule has 9 heteroatoms. The fraction of sp³-hybridized carbons (Fsp3) is 0.167. The minimum atomic E-state index is -1.22. The number of hydrogen-bond donors (Lipinski definition) is 2. The number of fused-ring (bicyclic) bond motifs is 1. The number of aromatic amines is 1. The van der Waals surface area contributed by atoms with Gasteiger partial charge in [0.05, 0.1) is 23.9 Å². The summed E-state index contributed by atoms with van der Waals surface area (Å²) in [7, 11) is 1.46. The molecule has 2 heterocycles. The van der Waals surface area contributed by atoms with Crippen molar-refractivity contribution in [3.63, 3.8) is 0 Å². The number of aryl methyl sites for hydroxylation is 2. The molecule has 0 aliphatic heterocycles. The summed E-state index contributed by atoms with van der Waals surface area (Å²) in [5.74, 6) is -3.66. The fourth-order valence-corrected chi connectivity index (χ4v) is 2.61. The van der Waals surface area contributed by atoms with Crippen molar-refractivity contribution in [1.82, 2.24) is 15.2 Å². The van der Waals surface area contributed by atoms with Gasteiger partial charge >= 0.3 is 0 Å². The molecule has 140 valence electrons. The number of methoxy groups -OCH3 is 1. The Hall–Kier alpha value is -3.36. The van der Waals surface area contributed by atoms with E-state index in [1.54, 1.807) is 19.9 Å². The van der Waals surface area contributed by atoms with Crippen molar-refractivity contribution in [2.24, 2.45) is 0 Å². The van der Waals surface area contributed by atoms with Crippen LogP contribution in [0, 0.1) is 25.6 Å². The number of halogens is 3. The van der Waals surface area contributed by atoms with Crippen LogP contribution in [0.15, 0.2) is 24.0 Å². The molecule has 0 saturated heterocycles. The largest absolute Gasteiger partial charge is 0.481 e. The predicted molar refractivity (Wildman–Crippen MR) is 94.0 cm³/mol. The normalized spacial score (nSPS) is 11.7. The minimum absolute atomic E-state index is 0.0648. The number of rotatable bonds is 4. The number of benzene rings is 1. The van der Waals surface area contributed by atoms with Crippen LogP contribution >= 0.6 is 0 Å². The molecule has 1 amide bonds. The summed E-state index contributed by atoms with van der Waals surface area (Å²) >= 11 is 0. The van der Waals surface area contributed by atoms with Gasteiger partial charge in [-0.15, -0.1) is 0 Å². The number of ether oxygens (including phenoxy) is 1. The maximum Gasteiger partial charge on any atom is 0.284 e. The second-order valence-corrected chi connectivity index (χ2v) is 5.79. The molecule has 3 aromatic rings. The second-order valence-electron chi connectivity index (χ2n) is 5.79. The number of H-pyrrole nitrogens is 1. The van der Waals surface area contributed by atoms with Gasteiger partial charge in [0.2, 0.25) is 11.8 Å². The maximum atomic E-state index is 14.3. The molecule has 0 bridgehead atoms. The van der Waals surface area contributed by atoms with E-state index in [0.29, 0.717) is 22.8 Å². The molecule has 2 N–H and O–H groups in total. The Balaban J connectivity index is 1.89. The molecule has 0 saturated carbocycles. The highest BCUT2D eigenvalue weighted by Crippen LogP contribution is 2.25. The number of carbonyl (C=O) groups excluding carboxylic acids is 1. The van der Waals surface area contributed by atoms with Crippen LogP contribution in [0.1, 0.15) is 16.8 Å². The van der Waals surface area contributed by atoms with E-state index in [-0.39, 0.29) is 16.5 Å². The molecule has 0 fully saturated rings. The molecule has 1 aromatic carbocycles. The fourth-order valence-electron chi connectivity index (χ4n) is 2.61. The minimum Gasteiger partial charge on any atom is -0.481 e. The molecular weight excluding hydrogens is 361 g/mol. The lowest BCUT2D eigenvalue weighted by Crippen LogP contribution is -2.14. The Labute approximate surface area is 152 Å².